The number of H-pyrrole nitrogens is 1. The van der Waals surface area contributed by atoms with Crippen molar-refractivity contribution in [3.8, 4) is 0 Å². The monoisotopic (exact) mass is 427 g/mol. The first kappa shape index (κ1) is 20.7. The smallest absolute Gasteiger partial charge is 0.255 e. The van der Waals surface area contributed by atoms with Crippen LogP contribution >= 0.6 is 0 Å². The van der Waals surface area contributed by atoms with E-state index in [9.17, 15) is 9.59 Å². The van der Waals surface area contributed by atoms with Gasteiger partial charge in [0.15, 0.2) is 5.78 Å². The summed E-state index contributed by atoms with van der Waals surface area (Å²) in [5.74, 6) is -0.0950. The minimum atomic E-state index is -0.174. The normalized spacial score (nSPS) is 18.8. The van der Waals surface area contributed by atoms with E-state index in [2.05, 4.69) is 33.5 Å². The van der Waals surface area contributed by atoms with Gasteiger partial charge in [-0.05, 0) is 61.7 Å². The maximum absolute atomic E-state index is 12.8. The summed E-state index contributed by atoms with van der Waals surface area (Å²) in [6, 6.07) is 13.5. The number of hydrogen-bond donors (Lipinski definition) is 2. The summed E-state index contributed by atoms with van der Waals surface area (Å²) in [4.78, 5) is 30.6. The maximum Gasteiger partial charge on any atom is 0.255 e. The second kappa shape index (κ2) is 8.75. The van der Waals surface area contributed by atoms with Gasteiger partial charge < -0.3 is 10.3 Å². The Bertz CT molecular complexity index is 1190. The highest BCUT2D eigenvalue weighted by Crippen LogP contribution is 2.35. The van der Waals surface area contributed by atoms with E-state index in [4.69, 9.17) is 0 Å². The number of aromatic amines is 1. The third-order valence-corrected chi connectivity index (χ3v) is 6.85. The van der Waals surface area contributed by atoms with Gasteiger partial charge in [-0.2, -0.15) is 0 Å². The van der Waals surface area contributed by atoms with Crippen molar-refractivity contribution >= 4 is 33.9 Å². The lowest BCUT2D eigenvalue weighted by Gasteiger charge is -2.38. The number of aromatic nitrogens is 1. The Balaban J connectivity index is 1.36. The molecule has 2 aliphatic heterocycles. The first-order valence-corrected chi connectivity index (χ1v) is 11.6. The molecule has 32 heavy (non-hydrogen) atoms. The predicted molar refractivity (Wildman–Crippen MR) is 129 cm³/mol. The first-order chi connectivity index (χ1) is 15.6. The highest BCUT2D eigenvalue weighted by molar-refractivity contribution is 6.06. The third kappa shape index (κ3) is 4.00. The van der Waals surface area contributed by atoms with Crippen LogP contribution in [0.25, 0.3) is 16.5 Å². The van der Waals surface area contributed by atoms with E-state index in [1.54, 1.807) is 24.3 Å². The number of carbonyl (C=O) groups is 2. The summed E-state index contributed by atoms with van der Waals surface area (Å²) in [6.45, 7) is 4.08. The molecule has 5 rings (SSSR count). The minimum absolute atomic E-state index is 0.0794. The van der Waals surface area contributed by atoms with Crippen molar-refractivity contribution in [3.05, 3.63) is 71.4 Å². The topological polar surface area (TPSA) is 65.2 Å². The van der Waals surface area contributed by atoms with Crippen molar-refractivity contribution in [2.45, 2.75) is 45.1 Å². The average molecular weight is 428 g/mol. The molecule has 1 amide bonds. The van der Waals surface area contributed by atoms with Gasteiger partial charge in [-0.25, -0.2) is 0 Å². The van der Waals surface area contributed by atoms with Crippen LogP contribution in [0.3, 0.4) is 0 Å². The Labute approximate surface area is 188 Å². The summed E-state index contributed by atoms with van der Waals surface area (Å²) in [5, 5.41) is 4.15. The molecule has 0 spiro atoms. The lowest BCUT2D eigenvalue weighted by atomic mass is 9.89. The van der Waals surface area contributed by atoms with Crippen molar-refractivity contribution < 1.29 is 9.59 Å². The summed E-state index contributed by atoms with van der Waals surface area (Å²) in [5.41, 5.74) is 5.67. The molecule has 3 aromatic rings. The van der Waals surface area contributed by atoms with Gasteiger partial charge in [-0.1, -0.05) is 31.6 Å². The molecule has 0 aliphatic carbocycles. The van der Waals surface area contributed by atoms with E-state index >= 15 is 0 Å². The van der Waals surface area contributed by atoms with Crippen LogP contribution in [0.4, 0.5) is 5.69 Å². The summed E-state index contributed by atoms with van der Waals surface area (Å²) in [7, 11) is 0. The van der Waals surface area contributed by atoms with E-state index in [1.807, 2.05) is 19.1 Å². The molecule has 1 atom stereocenters. The van der Waals surface area contributed by atoms with Crippen LogP contribution in [-0.2, 0) is 0 Å². The Morgan fingerprint density at radius 1 is 1.09 bits per heavy atom. The molecular formula is C27H29N3O2. The Morgan fingerprint density at radius 2 is 1.91 bits per heavy atom. The lowest BCUT2D eigenvalue weighted by molar-refractivity contribution is 0.0984. The van der Waals surface area contributed by atoms with Crippen LogP contribution in [0, 0.1) is 0 Å². The number of rotatable bonds is 5. The van der Waals surface area contributed by atoms with Gasteiger partial charge in [0.1, 0.15) is 0 Å². The zero-order chi connectivity index (χ0) is 22.1. The van der Waals surface area contributed by atoms with Crippen LogP contribution in [-0.4, -0.2) is 40.7 Å². The molecule has 1 saturated heterocycles. The quantitative estimate of drug-likeness (QED) is 0.517. The number of nitrogens with zero attached hydrogens (tertiary/aromatic N) is 1. The van der Waals surface area contributed by atoms with E-state index in [1.165, 1.54) is 36.9 Å². The summed E-state index contributed by atoms with van der Waals surface area (Å²) >= 11 is 0. The van der Waals surface area contributed by atoms with Crippen LogP contribution in [0.2, 0.25) is 0 Å². The number of fused-ring (bicyclic) bond motifs is 2. The number of benzene rings is 2. The van der Waals surface area contributed by atoms with Crippen molar-refractivity contribution in [2.24, 2.45) is 0 Å². The SMILES string of the molecule is CCC(=O)c1ccc(C(=O)Nc2ccc3[nH]cc(C4=CCN5CCCCC5C4)c3c2)cc1. The number of hydrogen-bond acceptors (Lipinski definition) is 3. The Kier molecular flexibility index (Phi) is 5.66. The van der Waals surface area contributed by atoms with E-state index < -0.39 is 0 Å². The second-order valence-corrected chi connectivity index (χ2v) is 8.85. The fraction of sp³-hybridized carbons (Fsp3) is 0.333. The van der Waals surface area contributed by atoms with Crippen molar-refractivity contribution in [2.75, 3.05) is 18.4 Å². The standard InChI is InChI=1S/C27H29N3O2/c1-2-26(31)18-6-8-19(9-7-18)27(32)29-21-10-11-25-23(16-21)24(17-28-25)20-12-14-30-13-4-3-5-22(30)15-20/h6-12,16-17,22,28H,2-5,13-15H2,1H3,(H,29,32). The molecule has 2 aliphatic rings. The van der Waals surface area contributed by atoms with Crippen molar-refractivity contribution in [3.63, 3.8) is 0 Å². The number of amides is 1. The fourth-order valence-corrected chi connectivity index (χ4v) is 5.00. The van der Waals surface area contributed by atoms with Crippen LogP contribution < -0.4 is 5.32 Å². The highest BCUT2D eigenvalue weighted by atomic mass is 16.1. The van der Waals surface area contributed by atoms with E-state index in [0.29, 0.717) is 23.6 Å². The second-order valence-electron chi connectivity index (χ2n) is 8.85. The molecule has 3 heterocycles. The summed E-state index contributed by atoms with van der Waals surface area (Å²) in [6.07, 6.45) is 9.94. The Hall–Kier alpha value is -3.18. The molecule has 1 fully saturated rings. The van der Waals surface area contributed by atoms with Gasteiger partial charge in [-0.3, -0.25) is 14.5 Å². The van der Waals surface area contributed by atoms with E-state index in [0.717, 1.165) is 29.6 Å². The van der Waals surface area contributed by atoms with Crippen molar-refractivity contribution in [1.82, 2.24) is 9.88 Å². The largest absolute Gasteiger partial charge is 0.361 e. The molecule has 0 radical (unpaired) electrons. The van der Waals surface area contributed by atoms with Gasteiger partial charge in [0.05, 0.1) is 0 Å². The van der Waals surface area contributed by atoms with Crippen molar-refractivity contribution in [1.29, 1.82) is 0 Å². The fourth-order valence-electron chi connectivity index (χ4n) is 5.00. The highest BCUT2D eigenvalue weighted by Gasteiger charge is 2.27. The maximum atomic E-state index is 12.8. The first-order valence-electron chi connectivity index (χ1n) is 11.6. The van der Waals surface area contributed by atoms with Crippen LogP contribution in [0.15, 0.2) is 54.7 Å². The zero-order valence-electron chi connectivity index (χ0n) is 18.5. The molecule has 2 aromatic carbocycles. The number of Topliss-reactive ketones (excluding diaryl/α,β-unsaturated/α-hetero) is 1. The molecule has 5 nitrogen and oxygen atoms in total. The summed E-state index contributed by atoms with van der Waals surface area (Å²) < 4.78 is 0. The number of nitrogens with one attached hydrogen (secondary N) is 2. The lowest BCUT2D eigenvalue weighted by Crippen LogP contribution is -2.41. The molecule has 5 heteroatoms. The van der Waals surface area contributed by atoms with Crippen LogP contribution in [0.5, 0.6) is 0 Å². The third-order valence-electron chi connectivity index (χ3n) is 6.85. The van der Waals surface area contributed by atoms with E-state index in [-0.39, 0.29) is 11.7 Å². The van der Waals surface area contributed by atoms with Crippen LogP contribution in [0.1, 0.15) is 65.3 Å². The number of ketones is 1. The molecule has 1 unspecified atom stereocenters. The molecule has 164 valence electrons. The van der Waals surface area contributed by atoms with Gasteiger partial charge >= 0.3 is 0 Å². The Morgan fingerprint density at radius 3 is 2.72 bits per heavy atom. The molecule has 0 bridgehead atoms. The zero-order valence-corrected chi connectivity index (χ0v) is 18.5. The number of carbonyl (C=O) groups excluding carboxylic acids is 2. The number of piperidine rings is 1. The molecular weight excluding hydrogens is 398 g/mol. The molecule has 1 aromatic heterocycles. The molecule has 0 saturated carbocycles. The minimum Gasteiger partial charge on any atom is -0.361 e. The molecule has 2 N–H and O–H groups in total. The van der Waals surface area contributed by atoms with Gasteiger partial charge in [-0.15, -0.1) is 0 Å². The van der Waals surface area contributed by atoms with Gasteiger partial charge in [0.25, 0.3) is 5.91 Å². The average Bonchev–Trinajstić information content (AvgIpc) is 3.26. The van der Waals surface area contributed by atoms with Gasteiger partial charge in [0, 0.05) is 58.5 Å². The predicted octanol–water partition coefficient (Wildman–Crippen LogP) is 5.65. The number of anilines is 1. The van der Waals surface area contributed by atoms with Gasteiger partial charge in [0.2, 0.25) is 0 Å².